The number of nitrogens with zero attached hydrogens (tertiary/aromatic N) is 3. The summed E-state index contributed by atoms with van der Waals surface area (Å²) in [5, 5.41) is 12.8. The molecule has 26 heavy (non-hydrogen) atoms. The summed E-state index contributed by atoms with van der Waals surface area (Å²) in [5.74, 6) is 0.758. The molecule has 2 aliphatic rings. The first kappa shape index (κ1) is 18.5. The normalized spacial score (nSPS) is 20.2. The van der Waals surface area contributed by atoms with Crippen LogP contribution in [0.15, 0.2) is 24.3 Å². The number of nitriles is 1. The maximum absolute atomic E-state index is 12.5. The van der Waals surface area contributed by atoms with E-state index in [1.165, 1.54) is 19.3 Å². The van der Waals surface area contributed by atoms with Gasteiger partial charge in [-0.1, -0.05) is 31.4 Å². The van der Waals surface area contributed by atoms with Crippen LogP contribution in [0, 0.1) is 11.3 Å². The van der Waals surface area contributed by atoms with Crippen LogP contribution in [0.5, 0.6) is 5.75 Å². The molecule has 2 amide bonds. The predicted molar refractivity (Wildman–Crippen MR) is 99.9 cm³/mol. The van der Waals surface area contributed by atoms with Crippen LogP contribution < -0.4 is 10.1 Å². The minimum atomic E-state index is -0.311. The largest absolute Gasteiger partial charge is 0.497 e. The number of hydrogen-bond acceptors (Lipinski definition) is 4. The van der Waals surface area contributed by atoms with Crippen LogP contribution in [0.4, 0.5) is 4.79 Å². The third-order valence-corrected chi connectivity index (χ3v) is 5.43. The lowest BCUT2D eigenvalue weighted by Crippen LogP contribution is -2.54. The van der Waals surface area contributed by atoms with Gasteiger partial charge in [-0.05, 0) is 30.5 Å². The molecule has 3 rings (SSSR count). The Hall–Kier alpha value is -2.26. The molecule has 1 saturated heterocycles. The quantitative estimate of drug-likeness (QED) is 0.901. The minimum Gasteiger partial charge on any atom is -0.497 e. The van der Waals surface area contributed by atoms with Crippen LogP contribution >= 0.6 is 0 Å². The molecule has 1 aliphatic heterocycles. The average molecular weight is 356 g/mol. The summed E-state index contributed by atoms with van der Waals surface area (Å²) in [7, 11) is 1.63. The van der Waals surface area contributed by atoms with Crippen LogP contribution in [0.25, 0.3) is 0 Å². The van der Waals surface area contributed by atoms with E-state index in [4.69, 9.17) is 4.74 Å². The molecule has 1 aromatic rings. The van der Waals surface area contributed by atoms with E-state index in [2.05, 4.69) is 16.3 Å². The second-order valence-corrected chi connectivity index (χ2v) is 7.12. The van der Waals surface area contributed by atoms with Crippen LogP contribution in [0.2, 0.25) is 0 Å². The maximum atomic E-state index is 12.5. The molecular weight excluding hydrogens is 328 g/mol. The molecule has 0 aromatic heterocycles. The number of carbonyl (C=O) groups is 1. The van der Waals surface area contributed by atoms with E-state index in [0.29, 0.717) is 32.2 Å². The SMILES string of the molecule is COc1cccc(C(C#N)N2CCN(C(=O)NC3CCCCC3)CC2)c1. The van der Waals surface area contributed by atoms with Gasteiger partial charge in [0, 0.05) is 32.2 Å². The highest BCUT2D eigenvalue weighted by Crippen LogP contribution is 2.25. The van der Waals surface area contributed by atoms with Gasteiger partial charge in [-0.2, -0.15) is 5.26 Å². The monoisotopic (exact) mass is 356 g/mol. The molecule has 0 radical (unpaired) electrons. The molecule has 0 spiro atoms. The van der Waals surface area contributed by atoms with E-state index in [1.807, 2.05) is 29.2 Å². The fraction of sp³-hybridized carbons (Fsp3) is 0.600. The molecule has 2 fully saturated rings. The number of hydrogen-bond donors (Lipinski definition) is 1. The van der Waals surface area contributed by atoms with E-state index in [1.54, 1.807) is 7.11 Å². The molecule has 0 bridgehead atoms. The molecule has 1 aliphatic carbocycles. The van der Waals surface area contributed by atoms with Crippen molar-refractivity contribution >= 4 is 6.03 Å². The third kappa shape index (κ3) is 4.47. The molecule has 1 N–H and O–H groups in total. The van der Waals surface area contributed by atoms with Crippen LogP contribution in [-0.4, -0.2) is 55.2 Å². The van der Waals surface area contributed by atoms with Gasteiger partial charge in [0.2, 0.25) is 0 Å². The lowest BCUT2D eigenvalue weighted by Gasteiger charge is -2.37. The summed E-state index contributed by atoms with van der Waals surface area (Å²) in [5.41, 5.74) is 0.937. The van der Waals surface area contributed by atoms with Crippen molar-refractivity contribution in [1.29, 1.82) is 5.26 Å². The van der Waals surface area contributed by atoms with Gasteiger partial charge < -0.3 is 15.0 Å². The van der Waals surface area contributed by atoms with E-state index >= 15 is 0 Å². The highest BCUT2D eigenvalue weighted by Gasteiger charge is 2.28. The number of carbonyl (C=O) groups excluding carboxylic acids is 1. The first-order chi connectivity index (χ1) is 12.7. The summed E-state index contributed by atoms with van der Waals surface area (Å²) in [6, 6.07) is 10.1. The van der Waals surface area contributed by atoms with E-state index in [-0.39, 0.29) is 12.1 Å². The number of piperazine rings is 1. The number of rotatable bonds is 4. The van der Waals surface area contributed by atoms with Crippen molar-refractivity contribution < 1.29 is 9.53 Å². The van der Waals surface area contributed by atoms with Gasteiger partial charge in [0.05, 0.1) is 13.2 Å². The highest BCUT2D eigenvalue weighted by molar-refractivity contribution is 5.74. The molecule has 140 valence electrons. The Kier molecular flexibility index (Phi) is 6.35. The zero-order valence-electron chi connectivity index (χ0n) is 15.5. The van der Waals surface area contributed by atoms with Gasteiger partial charge in [0.1, 0.15) is 11.8 Å². The van der Waals surface area contributed by atoms with E-state index in [0.717, 1.165) is 24.2 Å². The van der Waals surface area contributed by atoms with Crippen molar-refractivity contribution in [3.05, 3.63) is 29.8 Å². The van der Waals surface area contributed by atoms with Crippen molar-refractivity contribution in [2.24, 2.45) is 0 Å². The van der Waals surface area contributed by atoms with E-state index < -0.39 is 0 Å². The Bertz CT molecular complexity index is 643. The topological polar surface area (TPSA) is 68.6 Å². The Morgan fingerprint density at radius 3 is 2.62 bits per heavy atom. The molecule has 1 aromatic carbocycles. The van der Waals surface area contributed by atoms with Gasteiger partial charge in [-0.3, -0.25) is 4.90 Å². The number of ether oxygens (including phenoxy) is 1. The fourth-order valence-corrected chi connectivity index (χ4v) is 3.87. The second kappa shape index (κ2) is 8.91. The van der Waals surface area contributed by atoms with Gasteiger partial charge in [-0.25, -0.2) is 4.79 Å². The predicted octanol–water partition coefficient (Wildman–Crippen LogP) is 2.92. The summed E-state index contributed by atoms with van der Waals surface area (Å²) in [6.07, 6.45) is 5.90. The molecule has 1 atom stereocenters. The van der Waals surface area contributed by atoms with Crippen molar-refractivity contribution in [3.63, 3.8) is 0 Å². The Morgan fingerprint density at radius 2 is 1.96 bits per heavy atom. The van der Waals surface area contributed by atoms with Gasteiger partial charge in [-0.15, -0.1) is 0 Å². The smallest absolute Gasteiger partial charge is 0.317 e. The number of urea groups is 1. The van der Waals surface area contributed by atoms with Crippen LogP contribution in [0.1, 0.15) is 43.7 Å². The highest BCUT2D eigenvalue weighted by atomic mass is 16.5. The molecule has 6 heteroatoms. The lowest BCUT2D eigenvalue weighted by atomic mass is 9.96. The van der Waals surface area contributed by atoms with Crippen molar-refractivity contribution in [1.82, 2.24) is 15.1 Å². The Balaban J connectivity index is 1.54. The first-order valence-corrected chi connectivity index (χ1v) is 9.54. The zero-order chi connectivity index (χ0) is 18.4. The van der Waals surface area contributed by atoms with Gasteiger partial charge in [0.25, 0.3) is 0 Å². The summed E-state index contributed by atoms with van der Waals surface area (Å²) < 4.78 is 5.27. The molecule has 1 saturated carbocycles. The summed E-state index contributed by atoms with van der Waals surface area (Å²) in [4.78, 5) is 16.5. The number of amides is 2. The third-order valence-electron chi connectivity index (χ3n) is 5.43. The van der Waals surface area contributed by atoms with E-state index in [9.17, 15) is 10.1 Å². The summed E-state index contributed by atoms with van der Waals surface area (Å²) >= 11 is 0. The minimum absolute atomic E-state index is 0.0476. The van der Waals surface area contributed by atoms with Crippen molar-refractivity contribution in [2.45, 2.75) is 44.2 Å². The molecular formula is C20H28N4O2. The van der Waals surface area contributed by atoms with Crippen LogP contribution in [-0.2, 0) is 0 Å². The number of methoxy groups -OCH3 is 1. The lowest BCUT2D eigenvalue weighted by molar-refractivity contribution is 0.121. The van der Waals surface area contributed by atoms with Gasteiger partial charge >= 0.3 is 6.03 Å². The molecule has 1 unspecified atom stereocenters. The first-order valence-electron chi connectivity index (χ1n) is 9.54. The number of nitrogens with one attached hydrogen (secondary N) is 1. The molecule has 6 nitrogen and oxygen atoms in total. The second-order valence-electron chi connectivity index (χ2n) is 7.12. The molecule has 1 heterocycles. The maximum Gasteiger partial charge on any atom is 0.317 e. The standard InChI is InChI=1S/C20H28N4O2/c1-26-18-9-5-6-16(14-18)19(15-21)23-10-12-24(13-11-23)20(25)22-17-7-3-2-4-8-17/h5-6,9,14,17,19H,2-4,7-8,10-13H2,1H3,(H,22,25). The van der Waals surface area contributed by atoms with Crippen molar-refractivity contribution in [2.75, 3.05) is 33.3 Å². The Morgan fingerprint density at radius 1 is 1.23 bits per heavy atom. The van der Waals surface area contributed by atoms with Crippen LogP contribution in [0.3, 0.4) is 0 Å². The number of benzene rings is 1. The average Bonchev–Trinajstić information content (AvgIpc) is 2.70. The zero-order valence-corrected chi connectivity index (χ0v) is 15.5. The Labute approximate surface area is 155 Å². The van der Waals surface area contributed by atoms with Gasteiger partial charge in [0.15, 0.2) is 0 Å². The fourth-order valence-electron chi connectivity index (χ4n) is 3.87. The van der Waals surface area contributed by atoms with Crippen molar-refractivity contribution in [3.8, 4) is 11.8 Å². The summed E-state index contributed by atoms with van der Waals surface area (Å²) in [6.45, 7) is 2.71.